The van der Waals surface area contributed by atoms with E-state index in [0.29, 0.717) is 23.6 Å². The van der Waals surface area contributed by atoms with E-state index in [1.807, 2.05) is 12.1 Å². The molecule has 202 valence electrons. The van der Waals surface area contributed by atoms with Crippen molar-refractivity contribution in [3.05, 3.63) is 35.8 Å². The third kappa shape index (κ3) is 6.16. The van der Waals surface area contributed by atoms with E-state index < -0.39 is 5.60 Å². The number of imidazole rings is 1. The summed E-state index contributed by atoms with van der Waals surface area (Å²) in [6.45, 7) is 4.22. The smallest absolute Gasteiger partial charge is 0.268 e. The van der Waals surface area contributed by atoms with Gasteiger partial charge in [-0.15, -0.1) is 0 Å². The lowest BCUT2D eigenvalue weighted by molar-refractivity contribution is -0.122. The number of nitrogens with zero attached hydrogens (tertiary/aromatic N) is 3. The molecule has 2 saturated carbocycles. The highest BCUT2D eigenvalue weighted by Gasteiger charge is 2.39. The van der Waals surface area contributed by atoms with Crippen LogP contribution in [0.2, 0.25) is 0 Å². The lowest BCUT2D eigenvalue weighted by Gasteiger charge is -2.48. The zero-order chi connectivity index (χ0) is 25.7. The van der Waals surface area contributed by atoms with Gasteiger partial charge in [0.2, 0.25) is 5.91 Å². The van der Waals surface area contributed by atoms with Crippen LogP contribution >= 0.6 is 0 Å². The molecule has 2 aromatic heterocycles. The topological polar surface area (TPSA) is 108 Å². The number of amides is 2. The Kier molecular flexibility index (Phi) is 8.12. The van der Waals surface area contributed by atoms with Crippen molar-refractivity contribution >= 4 is 17.5 Å². The number of carbonyl (C=O) groups excluding carboxylic acids is 2. The Morgan fingerprint density at radius 2 is 1.65 bits per heavy atom. The van der Waals surface area contributed by atoms with Crippen LogP contribution in [0.3, 0.4) is 0 Å². The van der Waals surface area contributed by atoms with E-state index in [9.17, 15) is 14.7 Å². The largest absolute Gasteiger partial charge is 0.388 e. The lowest BCUT2D eigenvalue weighted by Crippen LogP contribution is -2.59. The van der Waals surface area contributed by atoms with Gasteiger partial charge in [-0.05, 0) is 37.8 Å². The first-order valence-corrected chi connectivity index (χ1v) is 14.0. The highest BCUT2D eigenvalue weighted by atomic mass is 16.5. The van der Waals surface area contributed by atoms with Gasteiger partial charge in [0.25, 0.3) is 5.91 Å². The van der Waals surface area contributed by atoms with Crippen LogP contribution in [-0.2, 0) is 16.0 Å². The number of aromatic nitrogens is 2. The van der Waals surface area contributed by atoms with Crippen molar-refractivity contribution in [2.24, 2.45) is 0 Å². The fraction of sp³-hybridized carbons (Fsp3) is 0.679. The molecule has 0 aromatic carbocycles. The monoisotopic (exact) mass is 511 g/mol. The molecule has 3 N–H and O–H groups in total. The first kappa shape index (κ1) is 26.1. The van der Waals surface area contributed by atoms with Crippen molar-refractivity contribution in [2.45, 2.75) is 81.8 Å². The van der Waals surface area contributed by atoms with Crippen molar-refractivity contribution < 1.29 is 19.4 Å². The molecule has 9 heteroatoms. The van der Waals surface area contributed by atoms with Gasteiger partial charge in [-0.2, -0.15) is 0 Å². The third-order valence-corrected chi connectivity index (χ3v) is 8.56. The molecular formula is C28H41N5O4. The molecule has 5 rings (SSSR count). The van der Waals surface area contributed by atoms with E-state index in [-0.39, 0.29) is 30.3 Å². The summed E-state index contributed by atoms with van der Waals surface area (Å²) in [6, 6.07) is 5.48. The maximum atomic E-state index is 13.4. The predicted octanol–water partition coefficient (Wildman–Crippen LogP) is 2.45. The predicted molar refractivity (Wildman–Crippen MR) is 140 cm³/mol. The molecule has 1 saturated heterocycles. The summed E-state index contributed by atoms with van der Waals surface area (Å²) < 4.78 is 7.35. The van der Waals surface area contributed by atoms with Gasteiger partial charge in [0, 0.05) is 37.9 Å². The Labute approximate surface area is 219 Å². The van der Waals surface area contributed by atoms with E-state index in [1.165, 1.54) is 19.3 Å². The fourth-order valence-electron chi connectivity index (χ4n) is 6.40. The van der Waals surface area contributed by atoms with Crippen LogP contribution in [0.4, 0.5) is 0 Å². The van der Waals surface area contributed by atoms with E-state index in [4.69, 9.17) is 4.74 Å². The van der Waals surface area contributed by atoms with Crippen molar-refractivity contribution in [1.82, 2.24) is 24.9 Å². The van der Waals surface area contributed by atoms with Crippen molar-refractivity contribution in [1.29, 1.82) is 0 Å². The molecule has 3 heterocycles. The molecule has 1 aliphatic heterocycles. The summed E-state index contributed by atoms with van der Waals surface area (Å²) in [6.07, 6.45) is 12.3. The molecule has 2 aliphatic carbocycles. The second-order valence-electron chi connectivity index (χ2n) is 11.2. The Balaban J connectivity index is 1.23. The average molecular weight is 512 g/mol. The number of nitrogens with one attached hydrogen (secondary N) is 2. The second-order valence-corrected chi connectivity index (χ2v) is 11.2. The van der Waals surface area contributed by atoms with Crippen molar-refractivity contribution in [3.63, 3.8) is 0 Å². The normalized spacial score (nSPS) is 22.0. The summed E-state index contributed by atoms with van der Waals surface area (Å²) in [4.78, 5) is 33.1. The molecule has 3 fully saturated rings. The van der Waals surface area contributed by atoms with Gasteiger partial charge < -0.3 is 20.5 Å². The van der Waals surface area contributed by atoms with Crippen LogP contribution in [0.1, 0.15) is 80.4 Å². The molecule has 0 unspecified atom stereocenters. The number of morpholine rings is 1. The molecule has 0 radical (unpaired) electrons. The molecule has 0 spiro atoms. The van der Waals surface area contributed by atoms with Crippen LogP contribution in [-0.4, -0.2) is 81.7 Å². The number of hydrogen-bond acceptors (Lipinski definition) is 6. The molecular weight excluding hydrogens is 470 g/mol. The summed E-state index contributed by atoms with van der Waals surface area (Å²) in [5, 5.41) is 16.8. The highest BCUT2D eigenvalue weighted by Crippen LogP contribution is 2.34. The summed E-state index contributed by atoms with van der Waals surface area (Å²) >= 11 is 0. The van der Waals surface area contributed by atoms with E-state index in [2.05, 4.69) is 20.5 Å². The molecule has 2 aromatic rings. The third-order valence-electron chi connectivity index (χ3n) is 8.56. The van der Waals surface area contributed by atoms with E-state index >= 15 is 0 Å². The second kappa shape index (κ2) is 11.5. The Morgan fingerprint density at radius 3 is 2.38 bits per heavy atom. The first-order valence-electron chi connectivity index (χ1n) is 14.0. The summed E-state index contributed by atoms with van der Waals surface area (Å²) in [5.41, 5.74) is 0.953. The van der Waals surface area contributed by atoms with Gasteiger partial charge in [-0.3, -0.25) is 18.9 Å². The standard InChI is InChI=1S/C28H41N5O4/c34-25(29-21-28(36)12-5-2-6-13-28)18-22-19-33-23(8-7-9-24(33)31-22)26(35)30-20-27(10-3-1-4-11-27)32-14-16-37-17-15-32/h7-9,19,36H,1-6,10-18,20-21H2,(H,29,34)(H,30,35). The van der Waals surface area contributed by atoms with Gasteiger partial charge in [-0.25, -0.2) is 4.98 Å². The van der Waals surface area contributed by atoms with Crippen LogP contribution in [0.15, 0.2) is 24.4 Å². The molecule has 9 nitrogen and oxygen atoms in total. The van der Waals surface area contributed by atoms with E-state index in [1.54, 1.807) is 16.7 Å². The van der Waals surface area contributed by atoms with E-state index in [0.717, 1.165) is 71.2 Å². The Bertz CT molecular complexity index is 1080. The van der Waals surface area contributed by atoms with Gasteiger partial charge in [0.05, 0.1) is 30.9 Å². The fourth-order valence-corrected chi connectivity index (χ4v) is 6.40. The molecule has 0 bridgehead atoms. The molecule has 3 aliphatic rings. The number of hydrogen-bond donors (Lipinski definition) is 3. The minimum Gasteiger partial charge on any atom is -0.388 e. The molecule has 37 heavy (non-hydrogen) atoms. The van der Waals surface area contributed by atoms with Crippen LogP contribution < -0.4 is 10.6 Å². The molecule has 2 amide bonds. The van der Waals surface area contributed by atoms with Gasteiger partial charge in [0.15, 0.2) is 0 Å². The zero-order valence-corrected chi connectivity index (χ0v) is 21.8. The number of fused-ring (bicyclic) bond motifs is 1. The zero-order valence-electron chi connectivity index (χ0n) is 21.8. The first-order chi connectivity index (χ1) is 18.0. The average Bonchev–Trinajstić information content (AvgIpc) is 3.34. The number of rotatable bonds is 8. The Morgan fingerprint density at radius 1 is 0.946 bits per heavy atom. The SMILES string of the molecule is O=C(Cc1cn2c(C(=O)NCC3(N4CCOCC4)CCCCC3)cccc2n1)NCC1(O)CCCCC1. The number of aliphatic hydroxyl groups is 1. The van der Waals surface area contributed by atoms with Gasteiger partial charge >= 0.3 is 0 Å². The maximum absolute atomic E-state index is 13.4. The minimum absolute atomic E-state index is 0.00776. The van der Waals surface area contributed by atoms with Gasteiger partial charge in [0.1, 0.15) is 11.3 Å². The van der Waals surface area contributed by atoms with Crippen LogP contribution in [0.5, 0.6) is 0 Å². The van der Waals surface area contributed by atoms with Gasteiger partial charge in [-0.1, -0.05) is 44.6 Å². The Hall–Kier alpha value is -2.49. The number of carbonyl (C=O) groups is 2. The van der Waals surface area contributed by atoms with Crippen molar-refractivity contribution in [2.75, 3.05) is 39.4 Å². The minimum atomic E-state index is -0.797. The van der Waals surface area contributed by atoms with Crippen LogP contribution in [0.25, 0.3) is 5.65 Å². The summed E-state index contributed by atoms with van der Waals surface area (Å²) in [5.74, 6) is -0.296. The number of ether oxygens (including phenoxy) is 1. The quantitative estimate of drug-likeness (QED) is 0.503. The summed E-state index contributed by atoms with van der Waals surface area (Å²) in [7, 11) is 0. The number of pyridine rings is 1. The molecule has 0 atom stereocenters. The van der Waals surface area contributed by atoms with Crippen molar-refractivity contribution in [3.8, 4) is 0 Å². The lowest BCUT2D eigenvalue weighted by atomic mass is 9.79. The highest BCUT2D eigenvalue weighted by molar-refractivity contribution is 5.93. The maximum Gasteiger partial charge on any atom is 0.268 e. The van der Waals surface area contributed by atoms with Crippen LogP contribution in [0, 0.1) is 0 Å².